The number of aromatic nitrogens is 2. The van der Waals surface area contributed by atoms with E-state index in [1.165, 1.54) is 24.7 Å². The number of nitrogens with two attached hydrogens (primary N) is 3. The zero-order valence-corrected chi connectivity index (χ0v) is 64.2. The van der Waals surface area contributed by atoms with Gasteiger partial charge in [0.15, 0.2) is 17.9 Å². The minimum absolute atomic E-state index is 0.00692. The SMILES string of the molecule is CC[C@H](C)[C@H](NC(=O)[C@H](CCCNC(=N)N)NC(=O)[C@H](CCCNC(=N)N)NC(=O)[C@@H](NC(=O)[C@@H](NC(=O)[C@H](CCCNC(=N)N)NC(=O)CNC(=O)CNC(=O)[C@H](Cc1ccc(O)cc1)NC(=O)[C@@H]1CCCN1)C(C)C)[C@@H](C)CC)C(=O)N[C@@H](CC(C)C)C(=O)N[C@@H](CCC(=O)O)C(=O)N[C@@H](Cc1c[nH]cn1)C(=O)O. The number of hydrogen-bond acceptors (Lipinski definition) is 20. The van der Waals surface area contributed by atoms with Gasteiger partial charge >= 0.3 is 11.9 Å². The maximum Gasteiger partial charge on any atom is 0.326 e. The largest absolute Gasteiger partial charge is 0.508 e. The Morgan fingerprint density at radius 3 is 1.40 bits per heavy atom. The summed E-state index contributed by atoms with van der Waals surface area (Å²) in [5.74, 6) is -16.6. The number of phenolic OH excluding ortho intramolecular Hbond substituents is 1. The zero-order chi connectivity index (χ0) is 83.0. The lowest BCUT2D eigenvalue weighted by Gasteiger charge is -2.31. The van der Waals surface area contributed by atoms with Crippen molar-refractivity contribution in [2.24, 2.45) is 40.9 Å². The fourth-order valence-corrected chi connectivity index (χ4v) is 11.5. The maximum absolute atomic E-state index is 14.8. The van der Waals surface area contributed by atoms with Crippen LogP contribution in [0.5, 0.6) is 5.75 Å². The fourth-order valence-electron chi connectivity index (χ4n) is 11.5. The molecule has 13 atom stereocenters. The summed E-state index contributed by atoms with van der Waals surface area (Å²) in [6.07, 6.45) is 2.88. The van der Waals surface area contributed by atoms with Crippen molar-refractivity contribution in [3.8, 4) is 5.75 Å². The minimum atomic E-state index is -1.61. The topological polar surface area (TPSA) is 670 Å². The Morgan fingerprint density at radius 1 is 0.505 bits per heavy atom. The zero-order valence-electron chi connectivity index (χ0n) is 64.2. The number of rotatable bonds is 51. The molecule has 1 aromatic heterocycles. The first-order valence-electron chi connectivity index (χ1n) is 37.2. The van der Waals surface area contributed by atoms with Crippen molar-refractivity contribution in [1.29, 1.82) is 16.2 Å². The van der Waals surface area contributed by atoms with Gasteiger partial charge < -0.3 is 123 Å². The van der Waals surface area contributed by atoms with Crippen LogP contribution in [0.3, 0.4) is 0 Å². The highest BCUT2D eigenvalue weighted by molar-refractivity contribution is 5.99. The van der Waals surface area contributed by atoms with Gasteiger partial charge in [-0.1, -0.05) is 80.4 Å². The van der Waals surface area contributed by atoms with E-state index in [-0.39, 0.29) is 114 Å². The van der Waals surface area contributed by atoms with Crippen molar-refractivity contribution < 1.29 is 82.4 Å². The predicted molar refractivity (Wildman–Crippen MR) is 406 cm³/mol. The van der Waals surface area contributed by atoms with E-state index < -0.39 is 205 Å². The number of H-pyrrole nitrogens is 1. The molecule has 2 heterocycles. The Hall–Kier alpha value is -11.4. The molecular weight excluding hydrogens is 1450 g/mol. The predicted octanol–water partition coefficient (Wildman–Crippen LogP) is -4.73. The van der Waals surface area contributed by atoms with Crippen LogP contribution in [0.15, 0.2) is 36.8 Å². The molecule has 29 N–H and O–H groups in total. The van der Waals surface area contributed by atoms with Crippen molar-refractivity contribution in [1.82, 2.24) is 95.0 Å². The van der Waals surface area contributed by atoms with Crippen LogP contribution in [0.25, 0.3) is 0 Å². The number of amides is 12. The van der Waals surface area contributed by atoms with E-state index in [0.29, 0.717) is 18.5 Å². The number of nitrogens with zero attached hydrogens (tertiary/aromatic N) is 1. The normalized spacial score (nSPS) is 15.6. The summed E-state index contributed by atoms with van der Waals surface area (Å²) in [5, 5.41) is 94.2. The minimum Gasteiger partial charge on any atom is -0.508 e. The molecule has 0 radical (unpaired) electrons. The molecule has 41 heteroatoms. The average Bonchev–Trinajstić information content (AvgIpc) is 1.03. The van der Waals surface area contributed by atoms with Crippen LogP contribution in [-0.4, -0.2) is 232 Å². The number of carboxylic acid groups (broad SMARTS) is 2. The number of carbonyl (C=O) groups is 14. The maximum atomic E-state index is 14.8. The summed E-state index contributed by atoms with van der Waals surface area (Å²) in [5.41, 5.74) is 17.5. The molecule has 111 heavy (non-hydrogen) atoms. The summed E-state index contributed by atoms with van der Waals surface area (Å²) in [6.45, 7) is 12.7. The number of guanidine groups is 3. The van der Waals surface area contributed by atoms with Crippen molar-refractivity contribution in [3.05, 3.63) is 48.0 Å². The number of imidazole rings is 1. The second kappa shape index (κ2) is 48.9. The molecule has 12 amide bonds. The standard InChI is InChI=1S/C70H116N24O17/c1-9-38(7)55(66(109)90-48(29-36(3)4)63(106)87-47(23-24-53(98)99)60(103)91-50(67(110)111)31-41-32-77-35-84-41)93-62(105)46(18-14-28-81-70(75)76)86-59(102)45(17-13-27-80-69(73)74)88-65(108)56(39(8)10-2)94-64(107)54(37(5)6)92-61(104)44(16-12-26-79-68(71)72)85-52(97)34-82-51(96)33-83-57(100)49(30-40-19-21-42(95)22-20-40)89-58(101)43-15-11-25-78-43/h19-22,32,35-39,43-50,54-56,78,95H,9-18,23-31,33-34H2,1-8H3,(H,77,84)(H,82,96)(H,83,100)(H,85,97)(H,86,102)(H,87,106)(H,88,108)(H,89,101)(H,90,109)(H,91,103)(H,92,104)(H,93,105)(H,94,107)(H,98,99)(H,110,111)(H4,71,72,79)(H4,73,74,80)(H4,75,76,81)/t38-,39-,43-,44-,45-,46-,47-,48-,49-,50-,54-,55-,56-/m0/s1. The molecule has 1 aliphatic rings. The first-order chi connectivity index (χ1) is 52.4. The van der Waals surface area contributed by atoms with Crippen molar-refractivity contribution in [3.63, 3.8) is 0 Å². The molecule has 0 aliphatic carbocycles. The summed E-state index contributed by atoms with van der Waals surface area (Å²) in [7, 11) is 0. The van der Waals surface area contributed by atoms with Crippen molar-refractivity contribution in [2.75, 3.05) is 39.3 Å². The number of aromatic amines is 1. The highest BCUT2D eigenvalue weighted by Crippen LogP contribution is 2.18. The molecular formula is C70H116N24O17. The van der Waals surface area contributed by atoms with Gasteiger partial charge in [0, 0.05) is 45.1 Å². The van der Waals surface area contributed by atoms with E-state index in [1.807, 2.05) is 0 Å². The van der Waals surface area contributed by atoms with Gasteiger partial charge in [-0.2, -0.15) is 0 Å². The van der Waals surface area contributed by atoms with Crippen LogP contribution in [0.1, 0.15) is 150 Å². The molecule has 1 saturated heterocycles. The van der Waals surface area contributed by atoms with Crippen LogP contribution >= 0.6 is 0 Å². The number of benzene rings is 1. The van der Waals surface area contributed by atoms with E-state index in [2.05, 4.69) is 95.0 Å². The molecule has 2 aromatic rings. The number of phenols is 1. The lowest BCUT2D eigenvalue weighted by molar-refractivity contribution is -0.143. The van der Waals surface area contributed by atoms with Crippen LogP contribution in [0.2, 0.25) is 0 Å². The van der Waals surface area contributed by atoms with E-state index in [4.69, 9.17) is 33.4 Å². The molecule has 0 spiro atoms. The molecule has 0 saturated carbocycles. The van der Waals surface area contributed by atoms with Crippen LogP contribution < -0.4 is 102 Å². The Labute approximate surface area is 644 Å². The lowest BCUT2D eigenvalue weighted by atomic mass is 9.95. The van der Waals surface area contributed by atoms with E-state index in [9.17, 15) is 82.4 Å². The molecule has 1 aliphatic heterocycles. The first-order valence-corrected chi connectivity index (χ1v) is 37.2. The third-order valence-corrected chi connectivity index (χ3v) is 18.2. The Kier molecular flexibility index (Phi) is 41.3. The van der Waals surface area contributed by atoms with Gasteiger partial charge in [0.2, 0.25) is 70.9 Å². The fraction of sp³-hybridized carbons (Fsp3) is 0.629. The van der Waals surface area contributed by atoms with E-state index in [1.54, 1.807) is 67.5 Å². The average molecular weight is 1570 g/mol. The first kappa shape index (κ1) is 93.8. The smallest absolute Gasteiger partial charge is 0.326 e. The van der Waals surface area contributed by atoms with Gasteiger partial charge in [-0.3, -0.25) is 78.6 Å². The van der Waals surface area contributed by atoms with E-state index in [0.717, 1.165) is 6.42 Å². The molecule has 0 unspecified atom stereocenters. The molecule has 1 aromatic carbocycles. The Morgan fingerprint density at radius 2 is 0.946 bits per heavy atom. The van der Waals surface area contributed by atoms with Crippen LogP contribution in [0, 0.1) is 39.9 Å². The number of aliphatic carboxylic acids is 2. The Bertz CT molecular complexity index is 3470. The second-order valence-corrected chi connectivity index (χ2v) is 28.1. The van der Waals surface area contributed by atoms with Gasteiger partial charge in [0.05, 0.1) is 31.2 Å². The van der Waals surface area contributed by atoms with Gasteiger partial charge in [-0.15, -0.1) is 0 Å². The number of hydrogen-bond donors (Lipinski definition) is 26. The summed E-state index contributed by atoms with van der Waals surface area (Å²) < 4.78 is 0. The quantitative estimate of drug-likeness (QED) is 0.0168. The summed E-state index contributed by atoms with van der Waals surface area (Å²) in [4.78, 5) is 200. The van der Waals surface area contributed by atoms with Crippen LogP contribution in [-0.2, 0) is 80.0 Å². The van der Waals surface area contributed by atoms with E-state index >= 15 is 0 Å². The number of carbonyl (C=O) groups excluding carboxylic acids is 12. The second-order valence-electron chi connectivity index (χ2n) is 28.1. The highest BCUT2D eigenvalue weighted by atomic mass is 16.4. The number of aromatic hydroxyl groups is 1. The number of nitrogens with one attached hydrogen (secondary N) is 20. The third kappa shape index (κ3) is 35.7. The molecule has 0 bridgehead atoms. The monoisotopic (exact) mass is 1560 g/mol. The van der Waals surface area contributed by atoms with Gasteiger partial charge in [0.1, 0.15) is 66.2 Å². The van der Waals surface area contributed by atoms with Gasteiger partial charge in [-0.25, -0.2) is 9.78 Å². The van der Waals surface area contributed by atoms with Gasteiger partial charge in [-0.05, 0) is 112 Å². The third-order valence-electron chi connectivity index (χ3n) is 18.2. The van der Waals surface area contributed by atoms with Crippen LogP contribution in [0.4, 0.5) is 0 Å². The number of carboxylic acids is 2. The molecule has 3 rings (SSSR count). The van der Waals surface area contributed by atoms with Crippen molar-refractivity contribution >= 4 is 101 Å². The highest BCUT2D eigenvalue weighted by Gasteiger charge is 2.39. The summed E-state index contributed by atoms with van der Waals surface area (Å²) in [6, 6.07) is -8.94. The molecule has 1 fully saturated rings. The lowest BCUT2D eigenvalue weighted by Crippen LogP contribution is -2.62. The molecule has 41 nitrogen and oxygen atoms in total. The molecule has 618 valence electrons. The van der Waals surface area contributed by atoms with Gasteiger partial charge in [0.25, 0.3) is 0 Å². The van der Waals surface area contributed by atoms with Crippen molar-refractivity contribution in [2.45, 2.75) is 218 Å². The summed E-state index contributed by atoms with van der Waals surface area (Å²) >= 11 is 0. The Balaban J connectivity index is 1.90.